The Morgan fingerprint density at radius 2 is 1.83 bits per heavy atom. The van der Waals surface area contributed by atoms with Crippen LogP contribution in [0, 0.1) is 30.9 Å². The lowest BCUT2D eigenvalue weighted by atomic mass is 10.1. The molecule has 29 heavy (non-hydrogen) atoms. The number of nitrogens with one attached hydrogen (secondary N) is 2. The normalized spacial score (nSPS) is 10.3. The van der Waals surface area contributed by atoms with Crippen LogP contribution in [0.15, 0.2) is 18.2 Å². The van der Waals surface area contributed by atoms with Crippen molar-refractivity contribution in [3.8, 4) is 0 Å². The highest BCUT2D eigenvalue weighted by atomic mass is 16.6. The lowest BCUT2D eigenvalue weighted by molar-refractivity contribution is -0.384. The fourth-order valence-corrected chi connectivity index (χ4v) is 2.81. The number of para-hydroxylation sites is 1. The van der Waals surface area contributed by atoms with Gasteiger partial charge in [0.05, 0.1) is 17.1 Å². The number of benzene rings is 1. The Bertz CT molecular complexity index is 978. The van der Waals surface area contributed by atoms with Crippen molar-refractivity contribution in [1.82, 2.24) is 4.98 Å². The minimum atomic E-state index is -0.837. The number of anilines is 1. The topological polar surface area (TPSA) is 141 Å². The van der Waals surface area contributed by atoms with Gasteiger partial charge < -0.3 is 19.8 Å². The fraction of sp³-hybridized carbons (Fsp3) is 0.316. The van der Waals surface area contributed by atoms with E-state index in [-0.39, 0.29) is 29.2 Å². The first kappa shape index (κ1) is 21.6. The number of aromatic amines is 1. The lowest BCUT2D eigenvalue weighted by Gasteiger charge is -2.09. The molecule has 0 aliphatic rings. The summed E-state index contributed by atoms with van der Waals surface area (Å²) in [6.45, 7) is 5.98. The third kappa shape index (κ3) is 4.78. The molecule has 2 aromatic rings. The molecule has 2 rings (SSSR count). The Labute approximate surface area is 166 Å². The summed E-state index contributed by atoms with van der Waals surface area (Å²) in [5, 5.41) is 13.5. The fourth-order valence-electron chi connectivity index (χ4n) is 2.81. The monoisotopic (exact) mass is 403 g/mol. The number of ether oxygens (including phenoxy) is 2. The van der Waals surface area contributed by atoms with E-state index in [9.17, 15) is 24.5 Å². The molecule has 0 spiro atoms. The minimum Gasteiger partial charge on any atom is -0.462 e. The van der Waals surface area contributed by atoms with Crippen molar-refractivity contribution in [1.29, 1.82) is 0 Å². The van der Waals surface area contributed by atoms with E-state index in [1.165, 1.54) is 12.1 Å². The van der Waals surface area contributed by atoms with Crippen molar-refractivity contribution in [2.45, 2.75) is 27.7 Å². The van der Waals surface area contributed by atoms with Gasteiger partial charge >= 0.3 is 11.9 Å². The number of nitro benzene ring substituents is 1. The number of esters is 2. The summed E-state index contributed by atoms with van der Waals surface area (Å²) in [5.74, 6) is -2.14. The van der Waals surface area contributed by atoms with E-state index in [1.54, 1.807) is 33.8 Å². The number of hydrogen-bond acceptors (Lipinski definition) is 7. The van der Waals surface area contributed by atoms with Crippen LogP contribution in [0.3, 0.4) is 0 Å². The summed E-state index contributed by atoms with van der Waals surface area (Å²) in [6.07, 6.45) is 0. The largest absolute Gasteiger partial charge is 0.462 e. The molecule has 0 fully saturated rings. The Hall–Kier alpha value is -3.69. The van der Waals surface area contributed by atoms with Crippen LogP contribution in [0.2, 0.25) is 0 Å². The second kappa shape index (κ2) is 9.00. The average Bonchev–Trinajstić information content (AvgIpc) is 2.95. The van der Waals surface area contributed by atoms with E-state index >= 15 is 0 Å². The van der Waals surface area contributed by atoms with Crippen molar-refractivity contribution in [3.63, 3.8) is 0 Å². The molecule has 0 unspecified atom stereocenters. The number of hydrogen-bond donors (Lipinski definition) is 2. The highest BCUT2D eigenvalue weighted by molar-refractivity contribution is 6.00. The van der Waals surface area contributed by atoms with Crippen molar-refractivity contribution in [2.24, 2.45) is 0 Å². The molecule has 1 aromatic carbocycles. The molecule has 2 N–H and O–H groups in total. The number of aromatic nitrogens is 1. The molecule has 1 aromatic heterocycles. The zero-order valence-electron chi connectivity index (χ0n) is 16.5. The van der Waals surface area contributed by atoms with E-state index in [2.05, 4.69) is 10.3 Å². The maximum absolute atomic E-state index is 12.3. The predicted octanol–water partition coefficient (Wildman–Crippen LogP) is 2.82. The third-order valence-electron chi connectivity index (χ3n) is 4.17. The zero-order chi connectivity index (χ0) is 21.7. The minimum absolute atomic E-state index is 0.0280. The third-order valence-corrected chi connectivity index (χ3v) is 4.17. The smallest absolute Gasteiger partial charge is 0.355 e. The first-order valence-electron chi connectivity index (χ1n) is 8.74. The van der Waals surface area contributed by atoms with E-state index in [0.29, 0.717) is 16.8 Å². The van der Waals surface area contributed by atoms with Crippen molar-refractivity contribution in [3.05, 3.63) is 56.4 Å². The second-order valence-electron chi connectivity index (χ2n) is 6.20. The Morgan fingerprint density at radius 1 is 1.14 bits per heavy atom. The number of carbonyl (C=O) groups is 3. The molecule has 154 valence electrons. The van der Waals surface area contributed by atoms with E-state index < -0.39 is 29.4 Å². The molecule has 0 atom stereocenters. The summed E-state index contributed by atoms with van der Waals surface area (Å²) in [6, 6.07) is 4.37. The number of aryl methyl sites for hydroxylation is 2. The van der Waals surface area contributed by atoms with Gasteiger partial charge in [-0.05, 0) is 38.8 Å². The number of H-pyrrole nitrogens is 1. The molecule has 0 saturated heterocycles. The highest BCUT2D eigenvalue weighted by Crippen LogP contribution is 2.27. The molecule has 0 saturated carbocycles. The summed E-state index contributed by atoms with van der Waals surface area (Å²) in [5.41, 5.74) is 1.32. The Morgan fingerprint density at radius 3 is 2.45 bits per heavy atom. The van der Waals surface area contributed by atoms with Gasteiger partial charge in [-0.25, -0.2) is 9.59 Å². The highest BCUT2D eigenvalue weighted by Gasteiger charge is 2.24. The molecule has 1 amide bonds. The molecule has 10 nitrogen and oxygen atoms in total. The summed E-state index contributed by atoms with van der Waals surface area (Å²) >= 11 is 0. The van der Waals surface area contributed by atoms with Gasteiger partial charge in [-0.2, -0.15) is 0 Å². The van der Waals surface area contributed by atoms with Crippen LogP contribution in [0.5, 0.6) is 0 Å². The van der Waals surface area contributed by atoms with Gasteiger partial charge in [-0.1, -0.05) is 12.1 Å². The van der Waals surface area contributed by atoms with Crippen molar-refractivity contribution in [2.75, 3.05) is 18.5 Å². The number of rotatable bonds is 7. The predicted molar refractivity (Wildman–Crippen MR) is 103 cm³/mol. The number of carbonyl (C=O) groups excluding carboxylic acids is 3. The van der Waals surface area contributed by atoms with Crippen LogP contribution in [-0.4, -0.2) is 41.0 Å². The van der Waals surface area contributed by atoms with Gasteiger partial charge in [-0.15, -0.1) is 0 Å². The zero-order valence-corrected chi connectivity index (χ0v) is 16.5. The van der Waals surface area contributed by atoms with Crippen LogP contribution in [0.25, 0.3) is 0 Å². The molecular weight excluding hydrogens is 382 g/mol. The summed E-state index contributed by atoms with van der Waals surface area (Å²) < 4.78 is 9.95. The molecule has 0 radical (unpaired) electrons. The first-order chi connectivity index (χ1) is 13.7. The van der Waals surface area contributed by atoms with E-state index in [1.807, 2.05) is 0 Å². The molecule has 1 heterocycles. The Balaban J connectivity index is 2.09. The van der Waals surface area contributed by atoms with E-state index in [0.717, 1.165) is 0 Å². The molecular formula is C19H21N3O7. The van der Waals surface area contributed by atoms with Crippen LogP contribution < -0.4 is 5.32 Å². The second-order valence-corrected chi connectivity index (χ2v) is 6.20. The molecule has 0 bridgehead atoms. The van der Waals surface area contributed by atoms with Crippen molar-refractivity contribution < 1.29 is 28.8 Å². The maximum atomic E-state index is 12.3. The van der Waals surface area contributed by atoms with Crippen LogP contribution in [0.4, 0.5) is 11.4 Å². The van der Waals surface area contributed by atoms with E-state index in [4.69, 9.17) is 9.47 Å². The SMILES string of the molecule is CCOC(=O)c1c(C)[nH]c(C(=O)OCC(=O)Nc2c(C)cccc2[N+](=O)[O-])c1C. The quantitative estimate of drug-likeness (QED) is 0.411. The lowest BCUT2D eigenvalue weighted by Crippen LogP contribution is -2.22. The summed E-state index contributed by atoms with van der Waals surface area (Å²) in [4.78, 5) is 49.7. The Kier molecular flexibility index (Phi) is 6.71. The molecule has 0 aliphatic carbocycles. The maximum Gasteiger partial charge on any atom is 0.355 e. The van der Waals surface area contributed by atoms with Gasteiger partial charge in [-0.3, -0.25) is 14.9 Å². The molecule has 10 heteroatoms. The first-order valence-corrected chi connectivity index (χ1v) is 8.74. The summed E-state index contributed by atoms with van der Waals surface area (Å²) in [7, 11) is 0. The van der Waals surface area contributed by atoms with Gasteiger partial charge in [0.1, 0.15) is 11.4 Å². The number of amides is 1. The van der Waals surface area contributed by atoms with Crippen molar-refractivity contribution >= 4 is 29.2 Å². The molecule has 0 aliphatic heterocycles. The standard InChI is InChI=1S/C19H21N3O7/c1-5-28-18(24)15-11(3)17(20-12(15)4)19(25)29-9-14(23)21-16-10(2)7-6-8-13(16)22(26)27/h6-8,20H,5,9H2,1-4H3,(H,21,23). The van der Waals surface area contributed by atoms with Gasteiger partial charge in [0, 0.05) is 11.8 Å². The number of nitrogens with zero attached hydrogens (tertiary/aromatic N) is 1. The van der Waals surface area contributed by atoms with Gasteiger partial charge in [0.15, 0.2) is 6.61 Å². The van der Waals surface area contributed by atoms with Gasteiger partial charge in [0.25, 0.3) is 11.6 Å². The number of nitro groups is 1. The van der Waals surface area contributed by atoms with Crippen LogP contribution in [0.1, 0.15) is 44.6 Å². The average molecular weight is 403 g/mol. The van der Waals surface area contributed by atoms with Crippen LogP contribution >= 0.6 is 0 Å². The van der Waals surface area contributed by atoms with Gasteiger partial charge in [0.2, 0.25) is 0 Å². The van der Waals surface area contributed by atoms with Crippen LogP contribution in [-0.2, 0) is 14.3 Å².